The summed E-state index contributed by atoms with van der Waals surface area (Å²) in [4.78, 5) is 19.6. The Morgan fingerprint density at radius 3 is 2.81 bits per heavy atom. The van der Waals surface area contributed by atoms with Crippen molar-refractivity contribution in [2.24, 2.45) is 11.8 Å². The number of anilines is 1. The smallest absolute Gasteiger partial charge is 0.345 e. The minimum Gasteiger partial charge on any atom is -0.493 e. The molecule has 2 aromatic carbocycles. The molecule has 3 N–H and O–H groups in total. The lowest BCUT2D eigenvalue weighted by molar-refractivity contribution is 0.272. The molecule has 0 unspecified atom stereocenters. The maximum atomic E-state index is 12.5. The van der Waals surface area contributed by atoms with E-state index in [0.29, 0.717) is 23.9 Å². The number of rotatable bonds is 8. The van der Waals surface area contributed by atoms with Crippen molar-refractivity contribution in [2.45, 2.75) is 26.7 Å². The Morgan fingerprint density at radius 2 is 2.00 bits per heavy atom. The molecule has 0 spiro atoms. The monoisotopic (exact) mass is 429 g/mol. The Bertz CT molecular complexity index is 1300. The normalized spacial score (nSPS) is 13.6. The predicted octanol–water partition coefficient (Wildman–Crippen LogP) is 4.84. The lowest BCUT2D eigenvalue weighted by Crippen LogP contribution is -2.12. The highest BCUT2D eigenvalue weighted by atomic mass is 16.5. The molecule has 0 saturated heterocycles. The van der Waals surface area contributed by atoms with Crippen molar-refractivity contribution in [2.75, 3.05) is 18.5 Å². The molecule has 7 nitrogen and oxygen atoms in total. The third-order valence-electron chi connectivity index (χ3n) is 5.61. The van der Waals surface area contributed by atoms with Gasteiger partial charge in [0, 0.05) is 23.1 Å². The Labute approximate surface area is 186 Å². The Hall–Kier alpha value is -3.61. The van der Waals surface area contributed by atoms with Gasteiger partial charge in [-0.1, -0.05) is 32.0 Å². The van der Waals surface area contributed by atoms with Gasteiger partial charge in [0.1, 0.15) is 5.75 Å². The molecule has 1 aliphatic rings. The molecule has 7 heteroatoms. The highest BCUT2D eigenvalue weighted by Crippen LogP contribution is 2.33. The number of aromatic nitrogens is 4. The molecule has 2 aromatic heterocycles. The summed E-state index contributed by atoms with van der Waals surface area (Å²) in [6, 6.07) is 15.6. The van der Waals surface area contributed by atoms with E-state index in [1.165, 1.54) is 12.8 Å². The van der Waals surface area contributed by atoms with Crippen molar-refractivity contribution < 1.29 is 4.74 Å². The number of fused-ring (bicyclic) bond motifs is 1. The van der Waals surface area contributed by atoms with Crippen LogP contribution < -0.4 is 15.7 Å². The minimum absolute atomic E-state index is 0.393. The first-order valence-corrected chi connectivity index (χ1v) is 11.1. The van der Waals surface area contributed by atoms with E-state index < -0.39 is 5.69 Å². The van der Waals surface area contributed by atoms with Crippen molar-refractivity contribution in [1.82, 2.24) is 20.2 Å². The van der Waals surface area contributed by atoms with Gasteiger partial charge in [-0.2, -0.15) is 10.1 Å². The van der Waals surface area contributed by atoms with Gasteiger partial charge >= 0.3 is 5.69 Å². The summed E-state index contributed by atoms with van der Waals surface area (Å²) in [6.07, 6.45) is 2.56. The molecule has 32 heavy (non-hydrogen) atoms. The molecule has 0 bridgehead atoms. The standard InChI is InChI=1S/C25H27N5O2/c1-15(2)14-32-23-6-4-3-5-18(23)22-12-21(27-25(31)28-22)17-9-10-20-19(11-17)24(30-29-20)26-13-16-7-8-16/h3-6,9-12,15-16H,7-8,13-14H2,1-2H3,(H2,26,29,30)(H,27,28,31). The second-order valence-corrected chi connectivity index (χ2v) is 8.84. The number of benzene rings is 2. The molecular weight excluding hydrogens is 402 g/mol. The Morgan fingerprint density at radius 1 is 1.16 bits per heavy atom. The average Bonchev–Trinajstić information content (AvgIpc) is 3.54. The maximum Gasteiger partial charge on any atom is 0.345 e. The van der Waals surface area contributed by atoms with Crippen LogP contribution in [0.1, 0.15) is 26.7 Å². The highest BCUT2D eigenvalue weighted by molar-refractivity contribution is 5.93. The van der Waals surface area contributed by atoms with Crippen LogP contribution in [0.2, 0.25) is 0 Å². The van der Waals surface area contributed by atoms with Crippen LogP contribution in [0.5, 0.6) is 5.75 Å². The zero-order chi connectivity index (χ0) is 22.1. The summed E-state index contributed by atoms with van der Waals surface area (Å²) < 4.78 is 5.99. The van der Waals surface area contributed by atoms with E-state index >= 15 is 0 Å². The Kier molecular flexibility index (Phi) is 5.39. The summed E-state index contributed by atoms with van der Waals surface area (Å²) >= 11 is 0. The van der Waals surface area contributed by atoms with E-state index in [9.17, 15) is 4.79 Å². The number of ether oxygens (including phenoxy) is 1. The molecule has 164 valence electrons. The molecular formula is C25H27N5O2. The fraction of sp³-hybridized carbons (Fsp3) is 0.320. The summed E-state index contributed by atoms with van der Waals surface area (Å²) in [6.45, 7) is 5.75. The summed E-state index contributed by atoms with van der Waals surface area (Å²) in [5, 5.41) is 11.9. The first kappa shape index (κ1) is 20.3. The lowest BCUT2D eigenvalue weighted by atomic mass is 10.1. The molecule has 5 rings (SSSR count). The van der Waals surface area contributed by atoms with Gasteiger partial charge in [0.2, 0.25) is 0 Å². The van der Waals surface area contributed by atoms with Gasteiger partial charge < -0.3 is 15.0 Å². The first-order valence-electron chi connectivity index (χ1n) is 11.1. The minimum atomic E-state index is -0.393. The van der Waals surface area contributed by atoms with Crippen LogP contribution in [-0.2, 0) is 0 Å². The Balaban J connectivity index is 1.51. The fourth-order valence-corrected chi connectivity index (χ4v) is 3.69. The molecule has 2 heterocycles. The first-order chi connectivity index (χ1) is 15.6. The number of hydrogen-bond donors (Lipinski definition) is 3. The van der Waals surface area contributed by atoms with Crippen LogP contribution in [0.3, 0.4) is 0 Å². The van der Waals surface area contributed by atoms with E-state index in [2.05, 4.69) is 39.3 Å². The predicted molar refractivity (Wildman–Crippen MR) is 127 cm³/mol. The topological polar surface area (TPSA) is 95.7 Å². The van der Waals surface area contributed by atoms with E-state index in [1.54, 1.807) is 0 Å². The number of hydrogen-bond acceptors (Lipinski definition) is 5. The van der Waals surface area contributed by atoms with Crippen molar-refractivity contribution in [3.8, 4) is 28.3 Å². The van der Waals surface area contributed by atoms with Gasteiger partial charge in [-0.05, 0) is 55.0 Å². The summed E-state index contributed by atoms with van der Waals surface area (Å²) in [5.74, 6) is 2.73. The third kappa shape index (κ3) is 4.37. The highest BCUT2D eigenvalue weighted by Gasteiger charge is 2.21. The van der Waals surface area contributed by atoms with E-state index in [-0.39, 0.29) is 0 Å². The zero-order valence-electron chi connectivity index (χ0n) is 18.3. The van der Waals surface area contributed by atoms with E-state index in [1.807, 2.05) is 48.5 Å². The molecule has 4 aromatic rings. The second-order valence-electron chi connectivity index (χ2n) is 8.84. The number of para-hydroxylation sites is 1. The van der Waals surface area contributed by atoms with Crippen LogP contribution in [0.25, 0.3) is 33.4 Å². The van der Waals surface area contributed by atoms with Gasteiger partial charge in [-0.25, -0.2) is 4.79 Å². The van der Waals surface area contributed by atoms with Gasteiger partial charge in [0.15, 0.2) is 5.82 Å². The lowest BCUT2D eigenvalue weighted by Gasteiger charge is -2.13. The molecule has 1 saturated carbocycles. The van der Waals surface area contributed by atoms with Crippen molar-refractivity contribution >= 4 is 16.7 Å². The average molecular weight is 430 g/mol. The van der Waals surface area contributed by atoms with Gasteiger partial charge in [-0.15, -0.1) is 0 Å². The largest absolute Gasteiger partial charge is 0.493 e. The SMILES string of the molecule is CC(C)COc1ccccc1-c1cc(-c2ccc3[nH]nc(NCC4CC4)c3c2)nc(=O)[nH]1. The van der Waals surface area contributed by atoms with Crippen molar-refractivity contribution in [1.29, 1.82) is 0 Å². The van der Waals surface area contributed by atoms with Crippen LogP contribution in [-0.4, -0.2) is 33.3 Å². The van der Waals surface area contributed by atoms with Gasteiger partial charge in [0.05, 0.1) is 23.5 Å². The maximum absolute atomic E-state index is 12.5. The summed E-state index contributed by atoms with van der Waals surface area (Å²) in [7, 11) is 0. The quantitative estimate of drug-likeness (QED) is 0.373. The summed E-state index contributed by atoms with van der Waals surface area (Å²) in [5.41, 5.74) is 3.55. The molecule has 0 atom stereocenters. The van der Waals surface area contributed by atoms with E-state index in [4.69, 9.17) is 4.74 Å². The van der Waals surface area contributed by atoms with Crippen LogP contribution in [0.15, 0.2) is 53.3 Å². The molecule has 1 aliphatic carbocycles. The second kappa shape index (κ2) is 8.49. The third-order valence-corrected chi connectivity index (χ3v) is 5.61. The van der Waals surface area contributed by atoms with Crippen molar-refractivity contribution in [3.05, 3.63) is 59.0 Å². The molecule has 0 radical (unpaired) electrons. The number of H-pyrrole nitrogens is 2. The van der Waals surface area contributed by atoms with Gasteiger partial charge in [0.25, 0.3) is 0 Å². The van der Waals surface area contributed by atoms with E-state index in [0.717, 1.165) is 46.1 Å². The molecule has 1 fully saturated rings. The van der Waals surface area contributed by atoms with Crippen LogP contribution in [0.4, 0.5) is 5.82 Å². The number of nitrogens with zero attached hydrogens (tertiary/aromatic N) is 2. The van der Waals surface area contributed by atoms with Gasteiger partial charge in [-0.3, -0.25) is 5.10 Å². The van der Waals surface area contributed by atoms with Crippen LogP contribution >= 0.6 is 0 Å². The molecule has 0 amide bonds. The zero-order valence-corrected chi connectivity index (χ0v) is 18.3. The number of aromatic amines is 2. The van der Waals surface area contributed by atoms with Crippen LogP contribution in [0, 0.1) is 11.8 Å². The fourth-order valence-electron chi connectivity index (χ4n) is 3.69. The van der Waals surface area contributed by atoms with Crippen molar-refractivity contribution in [3.63, 3.8) is 0 Å². The molecule has 0 aliphatic heterocycles. The number of nitrogens with one attached hydrogen (secondary N) is 3.